The molecule has 6 heteroatoms. The lowest BCUT2D eigenvalue weighted by molar-refractivity contribution is 0.219. The lowest BCUT2D eigenvalue weighted by atomic mass is 10.0. The fourth-order valence-electron chi connectivity index (χ4n) is 4.46. The van der Waals surface area contributed by atoms with Gasteiger partial charge >= 0.3 is 0 Å². The fraction of sp³-hybridized carbons (Fsp3) is 0.320. The number of rotatable bonds is 7. The van der Waals surface area contributed by atoms with Gasteiger partial charge in [-0.3, -0.25) is 9.69 Å². The van der Waals surface area contributed by atoms with Crippen molar-refractivity contribution >= 4 is 21.8 Å². The molecule has 31 heavy (non-hydrogen) atoms. The molecule has 4 aromatic rings. The minimum atomic E-state index is -0.0977. The van der Waals surface area contributed by atoms with Crippen LogP contribution in [0.4, 0.5) is 0 Å². The van der Waals surface area contributed by atoms with Crippen LogP contribution in [0.1, 0.15) is 24.6 Å². The van der Waals surface area contributed by atoms with Gasteiger partial charge in [0.15, 0.2) is 0 Å². The average Bonchev–Trinajstić information content (AvgIpc) is 3.15. The van der Waals surface area contributed by atoms with E-state index in [1.54, 1.807) is 0 Å². The zero-order valence-corrected chi connectivity index (χ0v) is 17.7. The molecule has 0 amide bonds. The molecule has 0 saturated heterocycles. The zero-order chi connectivity index (χ0) is 21.2. The molecule has 0 spiro atoms. The van der Waals surface area contributed by atoms with Crippen molar-refractivity contribution in [2.75, 3.05) is 26.3 Å². The predicted molar refractivity (Wildman–Crippen MR) is 123 cm³/mol. The monoisotopic (exact) mass is 417 g/mol. The third kappa shape index (κ3) is 4.03. The molecule has 0 fully saturated rings. The summed E-state index contributed by atoms with van der Waals surface area (Å²) in [5.74, 6) is 1.72. The number of pyridine rings is 1. The Balaban J connectivity index is 1.19. The molecular formula is C25H27N3O3. The molecule has 0 radical (unpaired) electrons. The van der Waals surface area contributed by atoms with Gasteiger partial charge in [-0.05, 0) is 55.0 Å². The molecule has 2 N–H and O–H groups in total. The van der Waals surface area contributed by atoms with E-state index >= 15 is 0 Å². The van der Waals surface area contributed by atoms with Gasteiger partial charge in [0.05, 0.1) is 24.2 Å². The van der Waals surface area contributed by atoms with Gasteiger partial charge in [-0.15, -0.1) is 0 Å². The molecular weight excluding hydrogens is 390 g/mol. The van der Waals surface area contributed by atoms with E-state index in [4.69, 9.17) is 9.47 Å². The largest absolute Gasteiger partial charge is 0.493 e. The highest BCUT2D eigenvalue weighted by atomic mass is 16.5. The van der Waals surface area contributed by atoms with Crippen molar-refractivity contribution in [3.8, 4) is 11.5 Å². The van der Waals surface area contributed by atoms with Crippen LogP contribution in [0, 0.1) is 0 Å². The molecule has 0 bridgehead atoms. The number of para-hydroxylation sites is 1. The Morgan fingerprint density at radius 3 is 2.87 bits per heavy atom. The number of aromatic amines is 2. The molecule has 1 aliphatic heterocycles. The highest BCUT2D eigenvalue weighted by Crippen LogP contribution is 2.33. The fourth-order valence-corrected chi connectivity index (χ4v) is 4.46. The van der Waals surface area contributed by atoms with Gasteiger partial charge in [-0.1, -0.05) is 12.1 Å². The number of aromatic nitrogens is 2. The van der Waals surface area contributed by atoms with E-state index in [1.165, 1.54) is 22.7 Å². The van der Waals surface area contributed by atoms with Crippen LogP contribution >= 0.6 is 0 Å². The number of H-pyrrole nitrogens is 2. The molecule has 2 aromatic heterocycles. The van der Waals surface area contributed by atoms with E-state index in [1.807, 2.05) is 37.3 Å². The number of ether oxygens (including phenoxy) is 2. The van der Waals surface area contributed by atoms with Gasteiger partial charge < -0.3 is 19.4 Å². The van der Waals surface area contributed by atoms with E-state index in [0.29, 0.717) is 13.2 Å². The molecule has 3 heterocycles. The van der Waals surface area contributed by atoms with Gasteiger partial charge in [0.2, 0.25) is 5.56 Å². The predicted octanol–water partition coefficient (Wildman–Crippen LogP) is 4.24. The number of benzene rings is 2. The summed E-state index contributed by atoms with van der Waals surface area (Å²) in [6, 6.07) is 15.5. The molecule has 0 aliphatic carbocycles. The first kappa shape index (κ1) is 19.7. The maximum Gasteiger partial charge on any atom is 0.248 e. The Kier molecular flexibility index (Phi) is 5.38. The summed E-state index contributed by atoms with van der Waals surface area (Å²) in [4.78, 5) is 20.4. The van der Waals surface area contributed by atoms with Gasteiger partial charge in [0.25, 0.3) is 0 Å². The summed E-state index contributed by atoms with van der Waals surface area (Å²) in [5.41, 5.74) is 4.55. The second kappa shape index (κ2) is 8.47. The van der Waals surface area contributed by atoms with Crippen LogP contribution in [0.2, 0.25) is 0 Å². The third-order valence-electron chi connectivity index (χ3n) is 5.94. The smallest absolute Gasteiger partial charge is 0.248 e. The summed E-state index contributed by atoms with van der Waals surface area (Å²) in [6.45, 7) is 6.29. The maximum atomic E-state index is 11.5. The number of hydrogen-bond donors (Lipinski definition) is 2. The third-order valence-corrected chi connectivity index (χ3v) is 5.94. The van der Waals surface area contributed by atoms with Crippen LogP contribution in [-0.4, -0.2) is 41.2 Å². The Hall–Kier alpha value is -3.25. The molecule has 160 valence electrons. The van der Waals surface area contributed by atoms with Crippen molar-refractivity contribution in [2.45, 2.75) is 26.3 Å². The first-order chi connectivity index (χ1) is 15.2. The standard InChI is InChI=1S/C25H27N3O3/c1-2-30-23-6-3-5-20-19-11-13-28(16-22(19)27-25(20)23)12-4-14-31-18-9-7-17-8-10-24(29)26-21(17)15-18/h3,5-10,15,27H,2,4,11-14,16H2,1H3,(H,26,29). The Labute approximate surface area is 180 Å². The number of hydrogen-bond acceptors (Lipinski definition) is 4. The van der Waals surface area contributed by atoms with Gasteiger partial charge in [0, 0.05) is 42.8 Å². The summed E-state index contributed by atoms with van der Waals surface area (Å²) >= 11 is 0. The number of fused-ring (bicyclic) bond motifs is 4. The van der Waals surface area contributed by atoms with E-state index in [2.05, 4.69) is 27.0 Å². The lowest BCUT2D eigenvalue weighted by Gasteiger charge is -2.26. The first-order valence-electron chi connectivity index (χ1n) is 10.9. The molecule has 0 atom stereocenters. The Bertz CT molecular complexity index is 1270. The van der Waals surface area contributed by atoms with Gasteiger partial charge in [0.1, 0.15) is 11.5 Å². The van der Waals surface area contributed by atoms with Crippen molar-refractivity contribution in [3.05, 3.63) is 70.1 Å². The first-order valence-corrected chi connectivity index (χ1v) is 10.9. The topological polar surface area (TPSA) is 70.3 Å². The van der Waals surface area contributed by atoms with Crippen LogP contribution in [0.15, 0.2) is 53.3 Å². The van der Waals surface area contributed by atoms with Crippen LogP contribution in [-0.2, 0) is 13.0 Å². The number of nitrogens with zero attached hydrogens (tertiary/aromatic N) is 1. The van der Waals surface area contributed by atoms with E-state index in [0.717, 1.165) is 60.4 Å². The second-order valence-corrected chi connectivity index (χ2v) is 7.99. The highest BCUT2D eigenvalue weighted by molar-refractivity contribution is 5.89. The van der Waals surface area contributed by atoms with Crippen molar-refractivity contribution in [2.24, 2.45) is 0 Å². The molecule has 2 aromatic carbocycles. The molecule has 0 unspecified atom stereocenters. The van der Waals surface area contributed by atoms with Crippen LogP contribution in [0.5, 0.6) is 11.5 Å². The molecule has 5 rings (SSSR count). The quantitative estimate of drug-likeness (QED) is 0.442. The molecule has 6 nitrogen and oxygen atoms in total. The van der Waals surface area contributed by atoms with Crippen LogP contribution in [0.3, 0.4) is 0 Å². The SMILES string of the molecule is CCOc1cccc2c3c([nH]c12)CN(CCCOc1ccc2ccc(=O)[nH]c2c1)CC3. The summed E-state index contributed by atoms with van der Waals surface area (Å²) in [6.07, 6.45) is 1.99. The minimum Gasteiger partial charge on any atom is -0.493 e. The summed E-state index contributed by atoms with van der Waals surface area (Å²) in [5, 5.41) is 2.29. The van der Waals surface area contributed by atoms with Crippen molar-refractivity contribution in [1.82, 2.24) is 14.9 Å². The number of nitrogens with one attached hydrogen (secondary N) is 2. The van der Waals surface area contributed by atoms with E-state index in [-0.39, 0.29) is 5.56 Å². The Morgan fingerprint density at radius 2 is 1.97 bits per heavy atom. The molecule has 1 aliphatic rings. The summed E-state index contributed by atoms with van der Waals surface area (Å²) < 4.78 is 11.7. The minimum absolute atomic E-state index is 0.0977. The summed E-state index contributed by atoms with van der Waals surface area (Å²) in [7, 11) is 0. The van der Waals surface area contributed by atoms with E-state index < -0.39 is 0 Å². The van der Waals surface area contributed by atoms with Gasteiger partial charge in [-0.25, -0.2) is 0 Å². The average molecular weight is 418 g/mol. The normalized spacial score (nSPS) is 14.1. The van der Waals surface area contributed by atoms with Crippen molar-refractivity contribution in [1.29, 1.82) is 0 Å². The van der Waals surface area contributed by atoms with Crippen molar-refractivity contribution in [3.63, 3.8) is 0 Å². The second-order valence-electron chi connectivity index (χ2n) is 7.99. The maximum absolute atomic E-state index is 11.5. The lowest BCUT2D eigenvalue weighted by Crippen LogP contribution is -2.31. The van der Waals surface area contributed by atoms with Gasteiger partial charge in [-0.2, -0.15) is 0 Å². The molecule has 0 saturated carbocycles. The highest BCUT2D eigenvalue weighted by Gasteiger charge is 2.21. The van der Waals surface area contributed by atoms with Crippen LogP contribution in [0.25, 0.3) is 21.8 Å². The van der Waals surface area contributed by atoms with Crippen LogP contribution < -0.4 is 15.0 Å². The zero-order valence-electron chi connectivity index (χ0n) is 17.7. The van der Waals surface area contributed by atoms with E-state index in [9.17, 15) is 4.79 Å². The van der Waals surface area contributed by atoms with Crippen molar-refractivity contribution < 1.29 is 9.47 Å². The Morgan fingerprint density at radius 1 is 1.06 bits per heavy atom.